The maximum Gasteiger partial charge on any atom is 0.193 e. The average Bonchev–Trinajstić information content (AvgIpc) is 2.82. The number of ketones is 2. The Bertz CT molecular complexity index is 1100. The van der Waals surface area contributed by atoms with Gasteiger partial charge in [-0.1, -0.05) is 81.4 Å². The summed E-state index contributed by atoms with van der Waals surface area (Å²) in [5.41, 5.74) is 3.97. The van der Waals surface area contributed by atoms with Crippen LogP contribution in [0.1, 0.15) is 76.7 Å². The number of carbonyl (C=O) groups excluding carboxylic acids is 2. The first-order chi connectivity index (χ1) is 16.5. The lowest BCUT2D eigenvalue weighted by Gasteiger charge is -2.49. The Kier molecular flexibility index (Phi) is 7.21. The number of benzene rings is 2. The number of hydrogen-bond acceptors (Lipinski definition) is 4. The highest BCUT2D eigenvalue weighted by Gasteiger charge is 2.46. The second kappa shape index (κ2) is 9.86. The molecule has 0 aromatic heterocycles. The van der Waals surface area contributed by atoms with Crippen LogP contribution in [-0.2, 0) is 14.0 Å². The third kappa shape index (κ3) is 5.07. The number of Topliss-reactive ketones (excluding diaryl/α,β-unsaturated/α-hetero) is 2. The van der Waals surface area contributed by atoms with Crippen LogP contribution < -0.4 is 0 Å². The zero-order chi connectivity index (χ0) is 25.4. The Morgan fingerprint density at radius 3 is 2.06 bits per heavy atom. The standard InChI is InChI=1S/C30H39NO3Si/c1-21-27(33)20-24-25(18-13-19-26(24)32)31(21)28(22-14-9-7-10-15-22)29(23-16-11-8-12-17-23)34-35(5,6)30(2,3)4/h7-12,14-17,21,28-29H,13,18-20H2,1-6H3/t21-,28-,29+/m0/s1. The van der Waals surface area contributed by atoms with Gasteiger partial charge >= 0.3 is 0 Å². The molecular weight excluding hydrogens is 450 g/mol. The van der Waals surface area contributed by atoms with Crippen LogP contribution in [0.4, 0.5) is 0 Å². The summed E-state index contributed by atoms with van der Waals surface area (Å²) in [6.45, 7) is 13.3. The van der Waals surface area contributed by atoms with E-state index in [1.807, 2.05) is 19.1 Å². The minimum absolute atomic E-state index is 0.0236. The molecule has 186 valence electrons. The van der Waals surface area contributed by atoms with Crippen molar-refractivity contribution in [1.82, 2.24) is 4.90 Å². The van der Waals surface area contributed by atoms with Gasteiger partial charge in [-0.3, -0.25) is 9.59 Å². The molecule has 1 aliphatic carbocycles. The average molecular weight is 490 g/mol. The lowest BCUT2D eigenvalue weighted by Crippen LogP contribution is -2.50. The minimum atomic E-state index is -2.20. The van der Waals surface area contributed by atoms with Gasteiger partial charge in [0.2, 0.25) is 0 Å². The van der Waals surface area contributed by atoms with Crippen molar-refractivity contribution >= 4 is 19.9 Å². The van der Waals surface area contributed by atoms with Gasteiger partial charge in [0.1, 0.15) is 0 Å². The highest BCUT2D eigenvalue weighted by Crippen LogP contribution is 2.49. The van der Waals surface area contributed by atoms with Crippen molar-refractivity contribution in [2.45, 2.75) is 89.7 Å². The molecule has 35 heavy (non-hydrogen) atoms. The molecule has 1 heterocycles. The van der Waals surface area contributed by atoms with E-state index in [4.69, 9.17) is 4.43 Å². The zero-order valence-corrected chi connectivity index (χ0v) is 23.0. The summed E-state index contributed by atoms with van der Waals surface area (Å²) >= 11 is 0. The Hall–Kier alpha value is -2.50. The van der Waals surface area contributed by atoms with Gasteiger partial charge in [-0.25, -0.2) is 0 Å². The van der Waals surface area contributed by atoms with E-state index in [1.165, 1.54) is 0 Å². The molecular formula is C30H39NO3Si. The molecule has 4 nitrogen and oxygen atoms in total. The molecule has 0 spiro atoms. The van der Waals surface area contributed by atoms with Crippen LogP contribution in [0.5, 0.6) is 0 Å². The van der Waals surface area contributed by atoms with Crippen LogP contribution in [0.25, 0.3) is 0 Å². The summed E-state index contributed by atoms with van der Waals surface area (Å²) in [5.74, 6) is 0.240. The Labute approximate surface area is 211 Å². The minimum Gasteiger partial charge on any atom is -0.407 e. The van der Waals surface area contributed by atoms with Crippen molar-refractivity contribution in [2.75, 3.05) is 0 Å². The fraction of sp³-hybridized carbons (Fsp3) is 0.467. The monoisotopic (exact) mass is 489 g/mol. The molecule has 2 aromatic rings. The molecule has 0 N–H and O–H groups in total. The van der Waals surface area contributed by atoms with Gasteiger partial charge in [0.15, 0.2) is 19.9 Å². The quantitative estimate of drug-likeness (QED) is 0.404. The van der Waals surface area contributed by atoms with Crippen LogP contribution in [0.3, 0.4) is 0 Å². The molecule has 3 atom stereocenters. The summed E-state index contributed by atoms with van der Waals surface area (Å²) in [7, 11) is -2.20. The number of carbonyl (C=O) groups is 2. The number of allylic oxidation sites excluding steroid dienone is 2. The third-order valence-corrected chi connectivity index (χ3v) is 12.6. The summed E-state index contributed by atoms with van der Waals surface area (Å²) in [4.78, 5) is 28.5. The van der Waals surface area contributed by atoms with Gasteiger partial charge in [-0.05, 0) is 49.0 Å². The van der Waals surface area contributed by atoms with E-state index in [1.54, 1.807) is 0 Å². The smallest absolute Gasteiger partial charge is 0.193 e. The van der Waals surface area contributed by atoms with E-state index < -0.39 is 8.32 Å². The molecule has 2 aliphatic rings. The van der Waals surface area contributed by atoms with Crippen LogP contribution >= 0.6 is 0 Å². The van der Waals surface area contributed by atoms with Crippen molar-refractivity contribution in [1.29, 1.82) is 0 Å². The van der Waals surface area contributed by atoms with Gasteiger partial charge in [0.05, 0.1) is 18.2 Å². The number of nitrogens with zero attached hydrogens (tertiary/aromatic N) is 1. The highest BCUT2D eigenvalue weighted by molar-refractivity contribution is 6.74. The molecule has 0 bridgehead atoms. The molecule has 0 amide bonds. The van der Waals surface area contributed by atoms with Crippen LogP contribution in [0.15, 0.2) is 71.9 Å². The van der Waals surface area contributed by atoms with Crippen LogP contribution in [0.2, 0.25) is 18.1 Å². The Morgan fingerprint density at radius 1 is 0.914 bits per heavy atom. The van der Waals surface area contributed by atoms with Crippen LogP contribution in [-0.4, -0.2) is 30.8 Å². The first-order valence-corrected chi connectivity index (χ1v) is 15.8. The normalized spacial score (nSPS) is 21.1. The van der Waals surface area contributed by atoms with Crippen molar-refractivity contribution in [3.05, 3.63) is 83.1 Å². The molecule has 0 radical (unpaired) electrons. The molecule has 0 saturated carbocycles. The number of rotatable bonds is 6. The molecule has 0 fully saturated rings. The zero-order valence-electron chi connectivity index (χ0n) is 22.0. The van der Waals surface area contributed by atoms with Gasteiger partial charge in [-0.15, -0.1) is 0 Å². The summed E-state index contributed by atoms with van der Waals surface area (Å²) in [5, 5.41) is 0.0236. The lowest BCUT2D eigenvalue weighted by molar-refractivity contribution is -0.128. The Morgan fingerprint density at radius 2 is 1.49 bits per heavy atom. The number of hydrogen-bond donors (Lipinski definition) is 0. The molecule has 1 aliphatic heterocycles. The molecule has 0 saturated heterocycles. The molecule has 4 rings (SSSR count). The van der Waals surface area contributed by atoms with Crippen molar-refractivity contribution in [3.63, 3.8) is 0 Å². The van der Waals surface area contributed by atoms with E-state index in [2.05, 4.69) is 87.3 Å². The van der Waals surface area contributed by atoms with Gasteiger partial charge in [0.25, 0.3) is 0 Å². The summed E-state index contributed by atoms with van der Waals surface area (Å²) < 4.78 is 7.23. The SMILES string of the molecule is C[C@H]1C(=O)CC2=C(CCCC2=O)N1[C@@H](c1ccccc1)[C@H](O[Si](C)(C)C(C)(C)C)c1ccccc1. The van der Waals surface area contributed by atoms with Gasteiger partial charge < -0.3 is 9.33 Å². The summed E-state index contributed by atoms with van der Waals surface area (Å²) in [6, 6.07) is 20.2. The fourth-order valence-electron chi connectivity index (χ4n) is 5.07. The van der Waals surface area contributed by atoms with E-state index >= 15 is 0 Å². The topological polar surface area (TPSA) is 46.6 Å². The molecule has 0 unspecified atom stereocenters. The van der Waals surface area contributed by atoms with Crippen molar-refractivity contribution in [2.24, 2.45) is 0 Å². The highest BCUT2D eigenvalue weighted by atomic mass is 28.4. The second-order valence-electron chi connectivity index (χ2n) is 11.5. The molecule has 5 heteroatoms. The van der Waals surface area contributed by atoms with E-state index in [-0.39, 0.29) is 41.2 Å². The first kappa shape index (κ1) is 25.6. The molecule has 2 aromatic carbocycles. The van der Waals surface area contributed by atoms with Crippen molar-refractivity contribution in [3.8, 4) is 0 Å². The third-order valence-electron chi connectivity index (χ3n) is 8.13. The van der Waals surface area contributed by atoms with E-state index in [0.29, 0.717) is 6.42 Å². The van der Waals surface area contributed by atoms with E-state index in [0.717, 1.165) is 35.2 Å². The maximum absolute atomic E-state index is 13.3. The summed E-state index contributed by atoms with van der Waals surface area (Å²) in [6.07, 6.45) is 2.16. The predicted octanol–water partition coefficient (Wildman–Crippen LogP) is 7.16. The predicted molar refractivity (Wildman–Crippen MR) is 143 cm³/mol. The van der Waals surface area contributed by atoms with Crippen molar-refractivity contribution < 1.29 is 14.0 Å². The Balaban J connectivity index is 1.94. The maximum atomic E-state index is 13.3. The lowest BCUT2D eigenvalue weighted by atomic mass is 9.82. The van der Waals surface area contributed by atoms with Gasteiger partial charge in [-0.2, -0.15) is 0 Å². The second-order valence-corrected chi connectivity index (χ2v) is 16.2. The van der Waals surface area contributed by atoms with E-state index in [9.17, 15) is 9.59 Å². The fourth-order valence-corrected chi connectivity index (χ4v) is 6.32. The van der Waals surface area contributed by atoms with Crippen LogP contribution in [0, 0.1) is 0 Å². The van der Waals surface area contributed by atoms with Gasteiger partial charge in [0, 0.05) is 24.1 Å². The largest absolute Gasteiger partial charge is 0.407 e. The first-order valence-electron chi connectivity index (χ1n) is 12.9.